The number of alkyl halides is 3. The molecule has 0 heterocycles. The molecule has 0 radical (unpaired) electrons. The molecule has 0 spiro atoms. The molecule has 0 aromatic heterocycles. The third-order valence-corrected chi connectivity index (χ3v) is 1.81. The molecule has 0 atom stereocenters. The molecule has 1 aromatic carbocycles. The van der Waals surface area contributed by atoms with Crippen molar-refractivity contribution in [3.8, 4) is 5.75 Å². The first-order valence-electron chi connectivity index (χ1n) is 4.69. The van der Waals surface area contributed by atoms with Crippen LogP contribution in [0.25, 0.3) is 0 Å². The monoisotopic (exact) mass is 231 g/mol. The maximum atomic E-state index is 12.3. The predicted molar refractivity (Wildman–Crippen MR) is 55.1 cm³/mol. The molecular formula is C11H12F3NO. The smallest absolute Gasteiger partial charge is 0.416 e. The Kier molecular flexibility index (Phi) is 4.37. The Labute approximate surface area is 91.5 Å². The van der Waals surface area contributed by atoms with Gasteiger partial charge in [0, 0.05) is 6.54 Å². The van der Waals surface area contributed by atoms with Gasteiger partial charge in [0.2, 0.25) is 0 Å². The fraction of sp³-hybridized carbons (Fsp3) is 0.273. The van der Waals surface area contributed by atoms with Crippen LogP contribution >= 0.6 is 0 Å². The summed E-state index contributed by atoms with van der Waals surface area (Å²) in [7, 11) is 0. The zero-order chi connectivity index (χ0) is 12.0. The molecule has 0 fully saturated rings. The molecule has 0 aliphatic rings. The predicted octanol–water partition coefficient (Wildman–Crippen LogP) is 2.60. The largest absolute Gasteiger partial charge is 0.490 e. The second-order valence-corrected chi connectivity index (χ2v) is 3.04. The van der Waals surface area contributed by atoms with E-state index in [-0.39, 0.29) is 12.4 Å². The molecular weight excluding hydrogens is 219 g/mol. The highest BCUT2D eigenvalue weighted by Gasteiger charge is 2.30. The van der Waals surface area contributed by atoms with Crippen molar-refractivity contribution in [2.75, 3.05) is 13.2 Å². The minimum Gasteiger partial charge on any atom is -0.490 e. The summed E-state index contributed by atoms with van der Waals surface area (Å²) in [5.41, 5.74) is 4.48. The number of hydrogen-bond acceptors (Lipinski definition) is 2. The molecule has 0 amide bonds. The van der Waals surface area contributed by atoms with Crippen molar-refractivity contribution < 1.29 is 17.9 Å². The van der Waals surface area contributed by atoms with Crippen molar-refractivity contribution in [3.63, 3.8) is 0 Å². The van der Waals surface area contributed by atoms with Gasteiger partial charge in [-0.1, -0.05) is 18.2 Å². The van der Waals surface area contributed by atoms with Crippen LogP contribution < -0.4 is 10.5 Å². The van der Waals surface area contributed by atoms with E-state index >= 15 is 0 Å². The fourth-order valence-electron chi connectivity index (χ4n) is 1.07. The SMILES string of the molecule is NC/C=C/COc1cccc(C(F)(F)F)c1. The van der Waals surface area contributed by atoms with Gasteiger partial charge < -0.3 is 10.5 Å². The second-order valence-electron chi connectivity index (χ2n) is 3.04. The zero-order valence-electron chi connectivity index (χ0n) is 8.50. The van der Waals surface area contributed by atoms with Crippen molar-refractivity contribution in [3.05, 3.63) is 42.0 Å². The van der Waals surface area contributed by atoms with Crippen LogP contribution in [0.4, 0.5) is 13.2 Å². The van der Waals surface area contributed by atoms with Crippen molar-refractivity contribution >= 4 is 0 Å². The quantitative estimate of drug-likeness (QED) is 0.808. The first-order chi connectivity index (χ1) is 7.54. The van der Waals surface area contributed by atoms with Gasteiger partial charge in [0.1, 0.15) is 12.4 Å². The van der Waals surface area contributed by atoms with Crippen LogP contribution in [-0.2, 0) is 6.18 Å². The number of benzene rings is 1. The maximum Gasteiger partial charge on any atom is 0.416 e. The lowest BCUT2D eigenvalue weighted by Gasteiger charge is -2.08. The van der Waals surface area contributed by atoms with Crippen molar-refractivity contribution in [1.29, 1.82) is 0 Å². The van der Waals surface area contributed by atoms with E-state index in [0.29, 0.717) is 6.54 Å². The average molecular weight is 231 g/mol. The third kappa shape index (κ3) is 3.94. The summed E-state index contributed by atoms with van der Waals surface area (Å²) in [5.74, 6) is 0.191. The van der Waals surface area contributed by atoms with Gasteiger partial charge in [0.15, 0.2) is 0 Å². The van der Waals surface area contributed by atoms with Gasteiger partial charge in [0.25, 0.3) is 0 Å². The Morgan fingerprint density at radius 3 is 2.62 bits per heavy atom. The summed E-state index contributed by atoms with van der Waals surface area (Å²) >= 11 is 0. The molecule has 1 aromatic rings. The maximum absolute atomic E-state index is 12.3. The van der Waals surface area contributed by atoms with Crippen molar-refractivity contribution in [1.82, 2.24) is 0 Å². The highest BCUT2D eigenvalue weighted by molar-refractivity contribution is 5.30. The molecule has 2 nitrogen and oxygen atoms in total. The molecule has 0 saturated carbocycles. The van der Waals surface area contributed by atoms with Gasteiger partial charge in [-0.2, -0.15) is 13.2 Å². The van der Waals surface area contributed by atoms with Gasteiger partial charge in [0.05, 0.1) is 5.56 Å². The van der Waals surface area contributed by atoms with Gasteiger partial charge in [-0.3, -0.25) is 0 Å². The molecule has 0 saturated heterocycles. The van der Waals surface area contributed by atoms with Gasteiger partial charge in [-0.15, -0.1) is 0 Å². The van der Waals surface area contributed by atoms with Crippen LogP contribution in [0.2, 0.25) is 0 Å². The van der Waals surface area contributed by atoms with E-state index in [1.807, 2.05) is 0 Å². The Hall–Kier alpha value is -1.49. The number of rotatable bonds is 4. The van der Waals surface area contributed by atoms with E-state index in [0.717, 1.165) is 12.1 Å². The van der Waals surface area contributed by atoms with Crippen LogP contribution in [0.5, 0.6) is 5.75 Å². The fourth-order valence-corrected chi connectivity index (χ4v) is 1.07. The first-order valence-corrected chi connectivity index (χ1v) is 4.69. The Morgan fingerprint density at radius 1 is 1.25 bits per heavy atom. The van der Waals surface area contributed by atoms with Crippen LogP contribution in [0.3, 0.4) is 0 Å². The molecule has 0 aliphatic heterocycles. The Balaban J connectivity index is 2.65. The van der Waals surface area contributed by atoms with Gasteiger partial charge in [-0.05, 0) is 18.2 Å². The molecule has 0 unspecified atom stereocenters. The Bertz CT molecular complexity index is 360. The van der Waals surface area contributed by atoms with Crippen LogP contribution in [-0.4, -0.2) is 13.2 Å². The second kappa shape index (κ2) is 5.55. The lowest BCUT2D eigenvalue weighted by molar-refractivity contribution is -0.137. The number of ether oxygens (including phenoxy) is 1. The van der Waals surface area contributed by atoms with Gasteiger partial charge in [-0.25, -0.2) is 0 Å². The molecule has 88 valence electrons. The molecule has 0 aliphatic carbocycles. The number of halogens is 3. The average Bonchev–Trinajstić information content (AvgIpc) is 2.24. The topological polar surface area (TPSA) is 35.2 Å². The Morgan fingerprint density at radius 2 is 2.00 bits per heavy atom. The summed E-state index contributed by atoms with van der Waals surface area (Å²) in [6.07, 6.45) is -1.01. The third-order valence-electron chi connectivity index (χ3n) is 1.81. The number of hydrogen-bond donors (Lipinski definition) is 1. The van der Waals surface area contributed by atoms with Crippen LogP contribution in [0.15, 0.2) is 36.4 Å². The van der Waals surface area contributed by atoms with E-state index in [9.17, 15) is 13.2 Å². The first kappa shape index (κ1) is 12.6. The minimum atomic E-state index is -4.34. The highest BCUT2D eigenvalue weighted by Crippen LogP contribution is 2.31. The summed E-state index contributed by atoms with van der Waals surface area (Å²) in [5, 5.41) is 0. The molecule has 2 N–H and O–H groups in total. The molecule has 5 heteroatoms. The summed E-state index contributed by atoms with van der Waals surface area (Å²) in [6, 6.07) is 4.76. The van der Waals surface area contributed by atoms with E-state index in [1.165, 1.54) is 12.1 Å². The molecule has 1 rings (SSSR count). The standard InChI is InChI=1S/C11H12F3NO/c12-11(13,14)9-4-3-5-10(8-9)16-7-2-1-6-15/h1-5,8H,6-7,15H2/b2-1+. The highest BCUT2D eigenvalue weighted by atomic mass is 19.4. The van der Waals surface area contributed by atoms with Crippen LogP contribution in [0, 0.1) is 0 Å². The molecule has 0 bridgehead atoms. The lowest BCUT2D eigenvalue weighted by Crippen LogP contribution is -2.05. The summed E-state index contributed by atoms with van der Waals surface area (Å²) in [6.45, 7) is 0.588. The minimum absolute atomic E-state index is 0.191. The zero-order valence-corrected chi connectivity index (χ0v) is 8.50. The van der Waals surface area contributed by atoms with E-state index in [2.05, 4.69) is 0 Å². The molecule has 16 heavy (non-hydrogen) atoms. The van der Waals surface area contributed by atoms with Crippen molar-refractivity contribution in [2.45, 2.75) is 6.18 Å². The van der Waals surface area contributed by atoms with E-state index < -0.39 is 11.7 Å². The lowest BCUT2D eigenvalue weighted by atomic mass is 10.2. The summed E-state index contributed by atoms with van der Waals surface area (Å²) < 4.78 is 42.1. The van der Waals surface area contributed by atoms with E-state index in [4.69, 9.17) is 10.5 Å². The number of nitrogens with two attached hydrogens (primary N) is 1. The summed E-state index contributed by atoms with van der Waals surface area (Å²) in [4.78, 5) is 0. The normalized spacial score (nSPS) is 12.0. The van der Waals surface area contributed by atoms with Crippen LogP contribution in [0.1, 0.15) is 5.56 Å². The van der Waals surface area contributed by atoms with E-state index in [1.54, 1.807) is 12.2 Å². The van der Waals surface area contributed by atoms with Crippen molar-refractivity contribution in [2.24, 2.45) is 5.73 Å². The van der Waals surface area contributed by atoms with Gasteiger partial charge >= 0.3 is 6.18 Å².